The van der Waals surface area contributed by atoms with E-state index in [0.717, 1.165) is 16.9 Å². The molecule has 0 aliphatic rings. The summed E-state index contributed by atoms with van der Waals surface area (Å²) >= 11 is 0. The third-order valence-electron chi connectivity index (χ3n) is 4.61. The molecule has 0 radical (unpaired) electrons. The zero-order valence-corrected chi connectivity index (χ0v) is 18.2. The maximum atomic E-state index is 12.9. The highest BCUT2D eigenvalue weighted by Crippen LogP contribution is 2.26. The smallest absolute Gasteiger partial charge is 0.255 e. The Morgan fingerprint density at radius 2 is 1.38 bits per heavy atom. The Morgan fingerprint density at radius 3 is 1.94 bits per heavy atom. The largest absolute Gasteiger partial charge is 0.496 e. The first kappa shape index (κ1) is 22.6. The van der Waals surface area contributed by atoms with Crippen molar-refractivity contribution >= 4 is 34.8 Å². The van der Waals surface area contributed by atoms with Gasteiger partial charge >= 0.3 is 0 Å². The summed E-state index contributed by atoms with van der Waals surface area (Å²) in [7, 11) is 1.61. The Kier molecular flexibility index (Phi) is 7.23. The molecular formula is C25H25N3O4. The van der Waals surface area contributed by atoms with Gasteiger partial charge in [0, 0.05) is 48.5 Å². The van der Waals surface area contributed by atoms with Gasteiger partial charge in [-0.2, -0.15) is 0 Å². The van der Waals surface area contributed by atoms with Crippen LogP contribution in [0.3, 0.4) is 0 Å². The van der Waals surface area contributed by atoms with E-state index < -0.39 is 0 Å². The lowest BCUT2D eigenvalue weighted by atomic mass is 10.0. The van der Waals surface area contributed by atoms with Gasteiger partial charge in [-0.15, -0.1) is 0 Å². The molecule has 32 heavy (non-hydrogen) atoms. The normalized spacial score (nSPS) is 10.2. The van der Waals surface area contributed by atoms with Crippen molar-refractivity contribution in [2.75, 3.05) is 23.1 Å². The number of carbonyl (C=O) groups is 3. The molecule has 0 aromatic heterocycles. The molecule has 0 aliphatic heterocycles. The highest BCUT2D eigenvalue weighted by Gasteiger charge is 2.13. The minimum absolute atomic E-state index is 0.281. The Balaban J connectivity index is 1.86. The van der Waals surface area contributed by atoms with Crippen molar-refractivity contribution in [2.45, 2.75) is 20.3 Å². The average Bonchev–Trinajstić information content (AvgIpc) is 2.73. The molecule has 0 aliphatic carbocycles. The quantitative estimate of drug-likeness (QED) is 0.515. The van der Waals surface area contributed by atoms with Crippen molar-refractivity contribution in [3.63, 3.8) is 0 Å². The summed E-state index contributed by atoms with van der Waals surface area (Å²) in [6.45, 7) is 2.74. The van der Waals surface area contributed by atoms with Gasteiger partial charge in [-0.05, 0) is 42.0 Å². The monoisotopic (exact) mass is 431 g/mol. The number of benzene rings is 3. The zero-order valence-electron chi connectivity index (χ0n) is 18.2. The highest BCUT2D eigenvalue weighted by atomic mass is 16.5. The first-order chi connectivity index (χ1) is 15.3. The average molecular weight is 431 g/mol. The van der Waals surface area contributed by atoms with Crippen LogP contribution >= 0.6 is 0 Å². The minimum Gasteiger partial charge on any atom is -0.496 e. The second-order valence-corrected chi connectivity index (χ2v) is 7.30. The topological polar surface area (TPSA) is 96.5 Å². The van der Waals surface area contributed by atoms with Crippen LogP contribution in [0, 0.1) is 0 Å². The number of ether oxygens (including phenoxy) is 1. The molecule has 3 rings (SSSR count). The fraction of sp³-hybridized carbons (Fsp3) is 0.160. The van der Waals surface area contributed by atoms with Gasteiger partial charge in [0.25, 0.3) is 5.91 Å². The third-order valence-corrected chi connectivity index (χ3v) is 4.61. The Hall–Kier alpha value is -4.13. The minimum atomic E-state index is -0.375. The standard InChI is InChI=1S/C25H25N3O4/c1-16(29)26-22-13-20(14-23(15-22)27-17(2)30)25(31)28-21-9-10-24(32-3)19(12-21)11-18-7-5-4-6-8-18/h4-10,12-15H,11H2,1-3H3,(H,26,29)(H,27,30)(H,28,31). The summed E-state index contributed by atoms with van der Waals surface area (Å²) in [6.07, 6.45) is 0.651. The van der Waals surface area contributed by atoms with E-state index in [4.69, 9.17) is 4.74 Å². The van der Waals surface area contributed by atoms with Crippen molar-refractivity contribution in [3.05, 3.63) is 83.4 Å². The summed E-state index contributed by atoms with van der Waals surface area (Å²) in [4.78, 5) is 35.9. The summed E-state index contributed by atoms with van der Waals surface area (Å²) in [5.74, 6) is -0.207. The van der Waals surface area contributed by atoms with Gasteiger partial charge in [-0.25, -0.2) is 0 Å². The van der Waals surface area contributed by atoms with Crippen molar-refractivity contribution in [1.29, 1.82) is 0 Å². The molecular weight excluding hydrogens is 406 g/mol. The number of nitrogens with one attached hydrogen (secondary N) is 3. The molecule has 7 heteroatoms. The van der Waals surface area contributed by atoms with Gasteiger partial charge in [0.15, 0.2) is 0 Å². The molecule has 3 aromatic rings. The van der Waals surface area contributed by atoms with Crippen LogP contribution in [-0.4, -0.2) is 24.8 Å². The SMILES string of the molecule is COc1ccc(NC(=O)c2cc(NC(C)=O)cc(NC(C)=O)c2)cc1Cc1ccccc1. The molecule has 0 fully saturated rings. The molecule has 0 heterocycles. The first-order valence-corrected chi connectivity index (χ1v) is 10.1. The summed E-state index contributed by atoms with van der Waals surface area (Å²) < 4.78 is 5.47. The molecule has 0 saturated carbocycles. The van der Waals surface area contributed by atoms with Crippen molar-refractivity contribution in [2.24, 2.45) is 0 Å². The van der Waals surface area contributed by atoms with Gasteiger partial charge in [0.05, 0.1) is 7.11 Å². The molecule has 0 atom stereocenters. The highest BCUT2D eigenvalue weighted by molar-refractivity contribution is 6.06. The predicted octanol–water partition coefficient (Wildman–Crippen LogP) is 4.46. The van der Waals surface area contributed by atoms with E-state index in [2.05, 4.69) is 16.0 Å². The van der Waals surface area contributed by atoms with E-state index >= 15 is 0 Å². The third kappa shape index (κ3) is 6.18. The molecule has 0 spiro atoms. The van der Waals surface area contributed by atoms with E-state index in [1.54, 1.807) is 31.4 Å². The molecule has 164 valence electrons. The van der Waals surface area contributed by atoms with Gasteiger partial charge in [0.1, 0.15) is 5.75 Å². The number of methoxy groups -OCH3 is 1. The Bertz CT molecular complexity index is 1110. The molecule has 0 unspecified atom stereocenters. The second-order valence-electron chi connectivity index (χ2n) is 7.30. The predicted molar refractivity (Wildman–Crippen MR) is 125 cm³/mol. The second kappa shape index (κ2) is 10.3. The van der Waals surface area contributed by atoms with E-state index in [1.807, 2.05) is 42.5 Å². The van der Waals surface area contributed by atoms with Crippen molar-refractivity contribution < 1.29 is 19.1 Å². The van der Waals surface area contributed by atoms with Gasteiger partial charge in [-0.3, -0.25) is 14.4 Å². The Morgan fingerprint density at radius 1 is 0.750 bits per heavy atom. The Labute approximate surface area is 186 Å². The molecule has 0 saturated heterocycles. The summed E-state index contributed by atoms with van der Waals surface area (Å²) in [5.41, 5.74) is 3.77. The zero-order chi connectivity index (χ0) is 23.1. The van der Waals surface area contributed by atoms with Crippen LogP contribution in [0.4, 0.5) is 17.1 Å². The lowest BCUT2D eigenvalue weighted by Gasteiger charge is -2.13. The van der Waals surface area contributed by atoms with Crippen molar-refractivity contribution in [1.82, 2.24) is 0 Å². The van der Waals surface area contributed by atoms with Crippen molar-refractivity contribution in [3.8, 4) is 5.75 Å². The molecule has 3 amide bonds. The van der Waals surface area contributed by atoms with Crippen LogP contribution in [0.25, 0.3) is 0 Å². The van der Waals surface area contributed by atoms with Crippen LogP contribution in [-0.2, 0) is 16.0 Å². The fourth-order valence-corrected chi connectivity index (χ4v) is 3.32. The van der Waals surface area contributed by atoms with Crippen LogP contribution in [0.5, 0.6) is 5.75 Å². The van der Waals surface area contributed by atoms with Gasteiger partial charge in [0.2, 0.25) is 11.8 Å². The molecule has 3 N–H and O–H groups in total. The number of hydrogen-bond acceptors (Lipinski definition) is 4. The van der Waals surface area contributed by atoms with Crippen LogP contribution in [0.2, 0.25) is 0 Å². The number of anilines is 3. The van der Waals surface area contributed by atoms with E-state index in [-0.39, 0.29) is 17.7 Å². The summed E-state index contributed by atoms with van der Waals surface area (Å²) in [5, 5.41) is 8.16. The lowest BCUT2D eigenvalue weighted by molar-refractivity contribution is -0.115. The fourth-order valence-electron chi connectivity index (χ4n) is 3.32. The molecule has 0 bridgehead atoms. The number of hydrogen-bond donors (Lipinski definition) is 3. The number of carbonyl (C=O) groups excluding carboxylic acids is 3. The van der Waals surface area contributed by atoms with Gasteiger partial charge in [-0.1, -0.05) is 30.3 Å². The summed E-state index contributed by atoms with van der Waals surface area (Å²) in [6, 6.07) is 20.1. The van der Waals surface area contributed by atoms with E-state index in [9.17, 15) is 14.4 Å². The molecule has 3 aromatic carbocycles. The van der Waals surface area contributed by atoms with E-state index in [0.29, 0.717) is 29.0 Å². The number of rotatable bonds is 7. The maximum Gasteiger partial charge on any atom is 0.255 e. The van der Waals surface area contributed by atoms with Crippen LogP contribution < -0.4 is 20.7 Å². The van der Waals surface area contributed by atoms with Crippen LogP contribution in [0.1, 0.15) is 35.3 Å². The maximum absolute atomic E-state index is 12.9. The van der Waals surface area contributed by atoms with E-state index in [1.165, 1.54) is 13.8 Å². The van der Waals surface area contributed by atoms with Crippen LogP contribution in [0.15, 0.2) is 66.7 Å². The first-order valence-electron chi connectivity index (χ1n) is 10.1. The van der Waals surface area contributed by atoms with Gasteiger partial charge < -0.3 is 20.7 Å². The number of amides is 3. The molecule has 7 nitrogen and oxygen atoms in total. The lowest BCUT2D eigenvalue weighted by Crippen LogP contribution is -2.15.